The first-order chi connectivity index (χ1) is 21.4. The zero-order chi connectivity index (χ0) is 30.5. The number of hydrogen-bond donors (Lipinski definition) is 4. The summed E-state index contributed by atoms with van der Waals surface area (Å²) in [5.74, 6) is 14.7. The van der Waals surface area contributed by atoms with Gasteiger partial charge in [-0.05, 0) is 72.8 Å². The van der Waals surface area contributed by atoms with Gasteiger partial charge in [-0.1, -0.05) is 60.1 Å². The maximum atomic E-state index is 10.2. The summed E-state index contributed by atoms with van der Waals surface area (Å²) in [5.41, 5.74) is 15.1. The molecule has 0 fully saturated rings. The summed E-state index contributed by atoms with van der Waals surface area (Å²) < 4.78 is 12.4. The third-order valence-electron chi connectivity index (χ3n) is 6.76. The fourth-order valence-corrected chi connectivity index (χ4v) is 4.51. The number of fused-ring (bicyclic) bond motifs is 1. The maximum Gasteiger partial charge on any atom is 0.144 e. The number of phenolic OH excluding ortho intramolecular Hbond substituents is 2. The Bertz CT molecular complexity index is 2120. The summed E-state index contributed by atoms with van der Waals surface area (Å²) in [6.45, 7) is 0. The Labute approximate surface area is 254 Å². The first kappa shape index (κ1) is 27.7. The third kappa shape index (κ3) is 6.21. The van der Waals surface area contributed by atoms with Gasteiger partial charge in [0.25, 0.3) is 0 Å². The van der Waals surface area contributed by atoms with Crippen molar-refractivity contribution in [1.29, 1.82) is 0 Å². The molecule has 0 saturated carbocycles. The van der Waals surface area contributed by atoms with Crippen LogP contribution in [0.5, 0.6) is 34.5 Å². The van der Waals surface area contributed by atoms with Gasteiger partial charge in [0.05, 0.1) is 16.9 Å². The van der Waals surface area contributed by atoms with Crippen molar-refractivity contribution in [2.45, 2.75) is 0 Å². The lowest BCUT2D eigenvalue weighted by Crippen LogP contribution is -1.95. The molecule has 0 radical (unpaired) electrons. The second kappa shape index (κ2) is 12.2. The molecule has 6 nitrogen and oxygen atoms in total. The number of aromatic hydroxyl groups is 2. The van der Waals surface area contributed by atoms with Gasteiger partial charge in [-0.3, -0.25) is 0 Å². The van der Waals surface area contributed by atoms with Gasteiger partial charge in [-0.15, -0.1) is 0 Å². The predicted molar refractivity (Wildman–Crippen MR) is 174 cm³/mol. The average molecular weight is 575 g/mol. The van der Waals surface area contributed by atoms with E-state index >= 15 is 0 Å². The minimum absolute atomic E-state index is 0.0633. The van der Waals surface area contributed by atoms with Crippen molar-refractivity contribution in [2.75, 3.05) is 11.5 Å². The molecule has 0 saturated heterocycles. The minimum Gasteiger partial charge on any atom is -0.506 e. The molecule has 0 aliphatic heterocycles. The molecule has 0 amide bonds. The van der Waals surface area contributed by atoms with Crippen LogP contribution in [-0.2, 0) is 0 Å². The fourth-order valence-electron chi connectivity index (χ4n) is 4.51. The van der Waals surface area contributed by atoms with E-state index in [1.165, 1.54) is 12.1 Å². The van der Waals surface area contributed by atoms with Crippen LogP contribution in [0.4, 0.5) is 11.4 Å². The number of ether oxygens (including phenoxy) is 2. The molecule has 44 heavy (non-hydrogen) atoms. The van der Waals surface area contributed by atoms with Gasteiger partial charge in [0.1, 0.15) is 34.5 Å². The van der Waals surface area contributed by atoms with Gasteiger partial charge >= 0.3 is 0 Å². The van der Waals surface area contributed by atoms with E-state index in [0.29, 0.717) is 34.1 Å². The normalized spacial score (nSPS) is 10.3. The minimum atomic E-state index is -0.0835. The van der Waals surface area contributed by atoms with Gasteiger partial charge in [-0.2, -0.15) is 0 Å². The van der Waals surface area contributed by atoms with Crippen molar-refractivity contribution < 1.29 is 19.7 Å². The van der Waals surface area contributed by atoms with Crippen molar-refractivity contribution in [2.24, 2.45) is 0 Å². The Hall–Kier alpha value is -6.50. The van der Waals surface area contributed by atoms with E-state index in [1.807, 2.05) is 84.9 Å². The van der Waals surface area contributed by atoms with Crippen LogP contribution in [0.1, 0.15) is 22.3 Å². The van der Waals surface area contributed by atoms with E-state index in [4.69, 9.17) is 20.9 Å². The number of anilines is 2. The summed E-state index contributed by atoms with van der Waals surface area (Å²) in [4.78, 5) is 0. The molecule has 6 rings (SSSR count). The van der Waals surface area contributed by atoms with Crippen LogP contribution >= 0.6 is 0 Å². The topological polar surface area (TPSA) is 111 Å². The Kier molecular flexibility index (Phi) is 7.65. The number of rotatable bonds is 4. The molecule has 0 aromatic heterocycles. The Morgan fingerprint density at radius 1 is 0.477 bits per heavy atom. The van der Waals surface area contributed by atoms with Crippen molar-refractivity contribution in [1.82, 2.24) is 0 Å². The first-order valence-electron chi connectivity index (χ1n) is 13.7. The molecule has 0 bridgehead atoms. The van der Waals surface area contributed by atoms with Crippen LogP contribution in [0, 0.1) is 23.7 Å². The standard InChI is InChI=1S/C38H26N2O4/c39-34-19-15-29(23-36(34)41)43-28-14-18-31-32(17-12-26-9-5-2-6-10-26)38(44-30-16-20-35(40)37(42)24-30)21-27(33(31)22-28)13-11-25-7-3-1-4-8-25/h1-10,14-16,18-24,41-42H,39-40H2. The van der Waals surface area contributed by atoms with Crippen molar-refractivity contribution in [3.8, 4) is 58.2 Å². The predicted octanol–water partition coefficient (Wildman–Crippen LogP) is 7.80. The number of hydrogen-bond acceptors (Lipinski definition) is 6. The summed E-state index contributed by atoms with van der Waals surface area (Å²) in [7, 11) is 0. The summed E-state index contributed by atoms with van der Waals surface area (Å²) in [5, 5.41) is 21.9. The monoisotopic (exact) mass is 574 g/mol. The molecular weight excluding hydrogens is 548 g/mol. The van der Waals surface area contributed by atoms with Crippen LogP contribution < -0.4 is 20.9 Å². The van der Waals surface area contributed by atoms with Gasteiger partial charge in [0.2, 0.25) is 0 Å². The Morgan fingerprint density at radius 2 is 1.00 bits per heavy atom. The number of phenols is 2. The molecule has 0 aliphatic carbocycles. The van der Waals surface area contributed by atoms with Crippen molar-refractivity contribution in [3.05, 3.63) is 144 Å². The van der Waals surface area contributed by atoms with Crippen molar-refractivity contribution in [3.63, 3.8) is 0 Å². The van der Waals surface area contributed by atoms with Crippen LogP contribution in [-0.4, -0.2) is 10.2 Å². The highest BCUT2D eigenvalue weighted by atomic mass is 16.5. The quantitative estimate of drug-likeness (QED) is 0.0971. The van der Waals surface area contributed by atoms with E-state index in [1.54, 1.807) is 24.3 Å². The molecule has 0 unspecified atom stereocenters. The summed E-state index contributed by atoms with van der Waals surface area (Å²) >= 11 is 0. The summed E-state index contributed by atoms with van der Waals surface area (Å²) in [6.07, 6.45) is 0. The van der Waals surface area contributed by atoms with Crippen LogP contribution in [0.2, 0.25) is 0 Å². The van der Waals surface area contributed by atoms with E-state index < -0.39 is 0 Å². The molecule has 6 heteroatoms. The third-order valence-corrected chi connectivity index (χ3v) is 6.76. The number of nitrogen functional groups attached to an aromatic ring is 2. The van der Waals surface area contributed by atoms with Crippen molar-refractivity contribution >= 4 is 22.1 Å². The molecule has 6 N–H and O–H groups in total. The largest absolute Gasteiger partial charge is 0.506 e. The molecule has 0 heterocycles. The molecule has 0 spiro atoms. The van der Waals surface area contributed by atoms with E-state index in [-0.39, 0.29) is 22.9 Å². The maximum absolute atomic E-state index is 10.2. The Morgan fingerprint density at radius 3 is 1.59 bits per heavy atom. The lowest BCUT2D eigenvalue weighted by molar-refractivity contribution is 0.455. The van der Waals surface area contributed by atoms with Crippen LogP contribution in [0.25, 0.3) is 10.8 Å². The Balaban J connectivity index is 1.55. The summed E-state index contributed by atoms with van der Waals surface area (Å²) in [6, 6.07) is 36.2. The zero-order valence-corrected chi connectivity index (χ0v) is 23.4. The second-order valence-corrected chi connectivity index (χ2v) is 9.88. The van der Waals surface area contributed by atoms with Gasteiger partial charge < -0.3 is 31.2 Å². The number of nitrogens with two attached hydrogens (primary N) is 2. The smallest absolute Gasteiger partial charge is 0.144 e. The molecule has 0 atom stereocenters. The second-order valence-electron chi connectivity index (χ2n) is 9.88. The highest BCUT2D eigenvalue weighted by molar-refractivity contribution is 5.96. The fraction of sp³-hybridized carbons (Fsp3) is 0. The van der Waals surface area contributed by atoms with Gasteiger partial charge in [0, 0.05) is 39.6 Å². The van der Waals surface area contributed by atoms with E-state index in [9.17, 15) is 10.2 Å². The molecule has 0 aliphatic rings. The number of benzene rings is 6. The molecule has 212 valence electrons. The van der Waals surface area contributed by atoms with E-state index in [2.05, 4.69) is 23.7 Å². The average Bonchev–Trinajstić information content (AvgIpc) is 3.04. The first-order valence-corrected chi connectivity index (χ1v) is 13.7. The van der Waals surface area contributed by atoms with Crippen LogP contribution in [0.15, 0.2) is 121 Å². The van der Waals surface area contributed by atoms with E-state index in [0.717, 1.165) is 21.9 Å². The lowest BCUT2D eigenvalue weighted by atomic mass is 9.97. The highest BCUT2D eigenvalue weighted by Gasteiger charge is 2.15. The lowest BCUT2D eigenvalue weighted by Gasteiger charge is -2.14. The van der Waals surface area contributed by atoms with Crippen LogP contribution in [0.3, 0.4) is 0 Å². The molecule has 6 aromatic rings. The molecule has 6 aromatic carbocycles. The molecular formula is C38H26N2O4. The van der Waals surface area contributed by atoms with Gasteiger partial charge in [0.15, 0.2) is 0 Å². The highest BCUT2D eigenvalue weighted by Crippen LogP contribution is 2.38. The van der Waals surface area contributed by atoms with Gasteiger partial charge in [-0.25, -0.2) is 0 Å². The zero-order valence-electron chi connectivity index (χ0n) is 23.4. The SMILES string of the molecule is Nc1ccc(Oc2ccc3c(C#Cc4ccccc4)c(Oc4ccc(N)c(O)c4)cc(C#Cc4ccccc4)c3c2)cc1O.